The summed E-state index contributed by atoms with van der Waals surface area (Å²) in [5.41, 5.74) is 2.70. The number of rotatable bonds is 4. The lowest BCUT2D eigenvalue weighted by Gasteiger charge is -2.07. The van der Waals surface area contributed by atoms with Crippen LogP contribution in [0.3, 0.4) is 0 Å². The SMILES string of the molecule is O=C(CCn1nc2c(cc1=O)CCC2)Nc1ccccc1. The second kappa shape index (κ2) is 5.91. The van der Waals surface area contributed by atoms with Gasteiger partial charge in [0.05, 0.1) is 12.2 Å². The van der Waals surface area contributed by atoms with E-state index in [0.29, 0.717) is 6.54 Å². The summed E-state index contributed by atoms with van der Waals surface area (Å²) in [6, 6.07) is 10.9. The maximum absolute atomic E-state index is 11.9. The highest BCUT2D eigenvalue weighted by Crippen LogP contribution is 2.17. The Morgan fingerprint density at radius 2 is 2.05 bits per heavy atom. The first-order chi connectivity index (χ1) is 10.2. The topological polar surface area (TPSA) is 64.0 Å². The number of para-hydroxylation sites is 1. The standard InChI is InChI=1S/C16H17N3O2/c20-15(17-13-6-2-1-3-7-13)9-10-19-16(21)11-12-5-4-8-14(12)18-19/h1-3,6-7,11H,4-5,8-10H2,(H,17,20). The molecule has 1 heterocycles. The summed E-state index contributed by atoms with van der Waals surface area (Å²) < 4.78 is 1.40. The van der Waals surface area contributed by atoms with Gasteiger partial charge in [0.2, 0.25) is 5.91 Å². The lowest BCUT2D eigenvalue weighted by Crippen LogP contribution is -2.26. The predicted molar refractivity (Wildman–Crippen MR) is 80.2 cm³/mol. The Balaban J connectivity index is 1.63. The highest BCUT2D eigenvalue weighted by atomic mass is 16.2. The molecule has 1 aliphatic rings. The molecule has 108 valence electrons. The van der Waals surface area contributed by atoms with Crippen LogP contribution in [0.2, 0.25) is 0 Å². The second-order valence-corrected chi connectivity index (χ2v) is 5.20. The molecule has 3 rings (SSSR count). The van der Waals surface area contributed by atoms with Crippen LogP contribution in [0.4, 0.5) is 5.69 Å². The number of aryl methyl sites for hydroxylation is 3. The van der Waals surface area contributed by atoms with Crippen LogP contribution >= 0.6 is 0 Å². The van der Waals surface area contributed by atoms with Gasteiger partial charge in [0.1, 0.15) is 0 Å². The van der Waals surface area contributed by atoms with E-state index in [-0.39, 0.29) is 17.9 Å². The summed E-state index contributed by atoms with van der Waals surface area (Å²) >= 11 is 0. The highest BCUT2D eigenvalue weighted by molar-refractivity contribution is 5.90. The molecule has 0 spiro atoms. The van der Waals surface area contributed by atoms with Gasteiger partial charge in [-0.2, -0.15) is 5.10 Å². The number of nitrogens with zero attached hydrogens (tertiary/aromatic N) is 2. The van der Waals surface area contributed by atoms with E-state index in [1.807, 2.05) is 30.3 Å². The third-order valence-corrected chi connectivity index (χ3v) is 3.63. The lowest BCUT2D eigenvalue weighted by atomic mass is 10.2. The average Bonchev–Trinajstić information content (AvgIpc) is 2.93. The van der Waals surface area contributed by atoms with Crippen molar-refractivity contribution < 1.29 is 4.79 Å². The van der Waals surface area contributed by atoms with Crippen molar-refractivity contribution in [3.05, 3.63) is 58.0 Å². The normalized spacial score (nSPS) is 13.0. The van der Waals surface area contributed by atoms with Gasteiger partial charge in [0, 0.05) is 18.2 Å². The maximum Gasteiger partial charge on any atom is 0.267 e. The third-order valence-electron chi connectivity index (χ3n) is 3.63. The molecule has 1 N–H and O–H groups in total. The molecular formula is C16H17N3O2. The summed E-state index contributed by atoms with van der Waals surface area (Å²) in [5, 5.41) is 7.16. The van der Waals surface area contributed by atoms with Gasteiger partial charge in [-0.25, -0.2) is 4.68 Å². The van der Waals surface area contributed by atoms with Crippen molar-refractivity contribution in [1.82, 2.24) is 9.78 Å². The fourth-order valence-electron chi connectivity index (χ4n) is 2.55. The van der Waals surface area contributed by atoms with Gasteiger partial charge in [0.15, 0.2) is 0 Å². The first-order valence-corrected chi connectivity index (χ1v) is 7.17. The van der Waals surface area contributed by atoms with E-state index < -0.39 is 0 Å². The number of amides is 1. The Labute approximate surface area is 122 Å². The largest absolute Gasteiger partial charge is 0.326 e. The van der Waals surface area contributed by atoms with E-state index in [2.05, 4.69) is 10.4 Å². The van der Waals surface area contributed by atoms with Crippen LogP contribution in [-0.2, 0) is 24.2 Å². The van der Waals surface area contributed by atoms with E-state index in [9.17, 15) is 9.59 Å². The summed E-state index contributed by atoms with van der Waals surface area (Å²) in [6.07, 6.45) is 3.15. The number of hydrogen-bond acceptors (Lipinski definition) is 3. The number of hydrogen-bond donors (Lipinski definition) is 1. The molecule has 0 fully saturated rings. The van der Waals surface area contributed by atoms with E-state index >= 15 is 0 Å². The van der Waals surface area contributed by atoms with Gasteiger partial charge >= 0.3 is 0 Å². The fraction of sp³-hybridized carbons (Fsp3) is 0.312. The van der Waals surface area contributed by atoms with Crippen molar-refractivity contribution in [3.8, 4) is 0 Å². The van der Waals surface area contributed by atoms with Crippen molar-refractivity contribution in [2.45, 2.75) is 32.2 Å². The average molecular weight is 283 g/mol. The number of fused-ring (bicyclic) bond motifs is 1. The number of anilines is 1. The van der Waals surface area contributed by atoms with E-state index in [0.717, 1.165) is 36.2 Å². The molecule has 0 atom stereocenters. The smallest absolute Gasteiger partial charge is 0.267 e. The molecule has 1 aromatic carbocycles. The molecule has 0 radical (unpaired) electrons. The molecule has 0 saturated heterocycles. The minimum Gasteiger partial charge on any atom is -0.326 e. The van der Waals surface area contributed by atoms with Crippen LogP contribution in [-0.4, -0.2) is 15.7 Å². The van der Waals surface area contributed by atoms with Gasteiger partial charge in [0.25, 0.3) is 5.56 Å². The fourth-order valence-corrected chi connectivity index (χ4v) is 2.55. The lowest BCUT2D eigenvalue weighted by molar-refractivity contribution is -0.116. The molecule has 1 aliphatic carbocycles. The molecule has 21 heavy (non-hydrogen) atoms. The molecule has 5 heteroatoms. The zero-order valence-corrected chi connectivity index (χ0v) is 11.7. The Kier molecular flexibility index (Phi) is 3.81. The number of aromatic nitrogens is 2. The maximum atomic E-state index is 11.9. The van der Waals surface area contributed by atoms with Crippen LogP contribution in [0.5, 0.6) is 0 Å². The quantitative estimate of drug-likeness (QED) is 0.930. The minimum atomic E-state index is -0.122. The molecule has 0 saturated carbocycles. The van der Waals surface area contributed by atoms with Gasteiger partial charge < -0.3 is 5.32 Å². The summed E-state index contributed by atoms with van der Waals surface area (Å²) in [6.45, 7) is 0.310. The number of benzene rings is 1. The molecular weight excluding hydrogens is 266 g/mol. The molecule has 0 bridgehead atoms. The van der Waals surface area contributed by atoms with Crippen LogP contribution in [0.25, 0.3) is 0 Å². The van der Waals surface area contributed by atoms with Crippen molar-refractivity contribution in [2.75, 3.05) is 5.32 Å². The van der Waals surface area contributed by atoms with Crippen molar-refractivity contribution in [1.29, 1.82) is 0 Å². The summed E-state index contributed by atoms with van der Waals surface area (Å²) in [4.78, 5) is 23.8. The Hall–Kier alpha value is -2.43. The first-order valence-electron chi connectivity index (χ1n) is 7.17. The number of carbonyl (C=O) groups is 1. The highest BCUT2D eigenvalue weighted by Gasteiger charge is 2.15. The predicted octanol–water partition coefficient (Wildman–Crippen LogP) is 1.76. The molecule has 1 aromatic heterocycles. The Morgan fingerprint density at radius 3 is 2.86 bits per heavy atom. The Bertz CT molecular complexity index is 707. The summed E-state index contributed by atoms with van der Waals surface area (Å²) in [7, 11) is 0. The third kappa shape index (κ3) is 3.18. The van der Waals surface area contributed by atoms with Gasteiger partial charge in [-0.1, -0.05) is 18.2 Å². The van der Waals surface area contributed by atoms with Crippen molar-refractivity contribution >= 4 is 11.6 Å². The monoisotopic (exact) mass is 283 g/mol. The van der Waals surface area contributed by atoms with Crippen LogP contribution < -0.4 is 10.9 Å². The zero-order chi connectivity index (χ0) is 14.7. The second-order valence-electron chi connectivity index (χ2n) is 5.20. The van der Waals surface area contributed by atoms with Gasteiger partial charge in [-0.15, -0.1) is 0 Å². The first kappa shape index (κ1) is 13.5. The molecule has 1 amide bonds. The molecule has 0 aliphatic heterocycles. The minimum absolute atomic E-state index is 0.115. The number of nitrogens with one attached hydrogen (secondary N) is 1. The van der Waals surface area contributed by atoms with E-state index in [1.54, 1.807) is 6.07 Å². The van der Waals surface area contributed by atoms with Crippen LogP contribution in [0.1, 0.15) is 24.1 Å². The van der Waals surface area contributed by atoms with Crippen LogP contribution in [0.15, 0.2) is 41.2 Å². The molecule has 2 aromatic rings. The molecule has 5 nitrogen and oxygen atoms in total. The van der Waals surface area contributed by atoms with E-state index in [4.69, 9.17) is 0 Å². The Morgan fingerprint density at radius 1 is 1.24 bits per heavy atom. The van der Waals surface area contributed by atoms with Crippen molar-refractivity contribution in [3.63, 3.8) is 0 Å². The zero-order valence-electron chi connectivity index (χ0n) is 11.7. The van der Waals surface area contributed by atoms with Gasteiger partial charge in [-0.3, -0.25) is 9.59 Å². The van der Waals surface area contributed by atoms with Crippen molar-refractivity contribution in [2.24, 2.45) is 0 Å². The van der Waals surface area contributed by atoms with Gasteiger partial charge in [-0.05, 0) is 37.0 Å². The van der Waals surface area contributed by atoms with E-state index in [1.165, 1.54) is 4.68 Å². The van der Waals surface area contributed by atoms with Crippen LogP contribution in [0, 0.1) is 0 Å². The summed E-state index contributed by atoms with van der Waals surface area (Å²) in [5.74, 6) is -0.115. The molecule has 0 unspecified atom stereocenters. The number of carbonyl (C=O) groups excluding carboxylic acids is 1.